The fraction of sp³-hybridized carbons (Fsp3) is 0.400. The summed E-state index contributed by atoms with van der Waals surface area (Å²) >= 11 is 1.56. The molecule has 1 N–H and O–H groups in total. The molecule has 1 fully saturated rings. The smallest absolute Gasteiger partial charge is 0.225 e. The maximum absolute atomic E-state index is 12.0. The molecule has 1 aliphatic heterocycles. The first-order valence-electron chi connectivity index (χ1n) is 12.6. The second kappa shape index (κ2) is 14.1. The molecule has 3 aromatic carbocycles. The zero-order valence-corrected chi connectivity index (χ0v) is 22.2. The van der Waals surface area contributed by atoms with Gasteiger partial charge in [-0.1, -0.05) is 97.9 Å². The third-order valence-electron chi connectivity index (χ3n) is 6.31. The molecule has 3 aromatic rings. The molecule has 5 atom stereocenters. The quantitative estimate of drug-likeness (QED) is 0.309. The van der Waals surface area contributed by atoms with Crippen LogP contribution in [-0.4, -0.2) is 54.1 Å². The standard InChI is InChI=1S/C30H36O6S/c1-3-37-29-28(35-21-25-17-11-6-12-18-25)30(31,32-2)27(34-20-24-15-9-5-10-16-24)26(36-29)22-33-19-23-13-7-4-8-14-23/h4-18,26-29,31H,3,19-22H2,1-2H3/t26-,27-,28+,29?,30-/m1/s1. The number of benzene rings is 3. The first-order valence-corrected chi connectivity index (χ1v) is 13.7. The van der Waals surface area contributed by atoms with Gasteiger partial charge in [-0.25, -0.2) is 0 Å². The number of ether oxygens (including phenoxy) is 5. The van der Waals surface area contributed by atoms with Gasteiger partial charge in [0.1, 0.15) is 23.7 Å². The van der Waals surface area contributed by atoms with Gasteiger partial charge in [0.15, 0.2) is 0 Å². The van der Waals surface area contributed by atoms with Crippen molar-refractivity contribution in [3.05, 3.63) is 108 Å². The normalized spacial score (nSPS) is 25.7. The summed E-state index contributed by atoms with van der Waals surface area (Å²) < 4.78 is 31.0. The Morgan fingerprint density at radius 1 is 0.757 bits per heavy atom. The third-order valence-corrected chi connectivity index (χ3v) is 7.33. The summed E-state index contributed by atoms with van der Waals surface area (Å²) in [6.07, 6.45) is -2.20. The van der Waals surface area contributed by atoms with Crippen molar-refractivity contribution in [2.24, 2.45) is 0 Å². The SMILES string of the molecule is CCSC1O[C@H](COCc2ccccc2)[C@@H](OCc2ccccc2)[C@@](O)(OC)[C@H]1OCc1ccccc1. The monoisotopic (exact) mass is 524 g/mol. The molecule has 0 amide bonds. The highest BCUT2D eigenvalue weighted by atomic mass is 32.2. The average Bonchev–Trinajstić information content (AvgIpc) is 2.94. The molecular weight excluding hydrogens is 488 g/mol. The van der Waals surface area contributed by atoms with Crippen LogP contribution in [0.1, 0.15) is 23.6 Å². The van der Waals surface area contributed by atoms with Crippen LogP contribution in [0.5, 0.6) is 0 Å². The van der Waals surface area contributed by atoms with Crippen LogP contribution in [0, 0.1) is 0 Å². The van der Waals surface area contributed by atoms with Crippen LogP contribution in [0.15, 0.2) is 91.0 Å². The fourth-order valence-corrected chi connectivity index (χ4v) is 5.40. The number of methoxy groups -OCH3 is 1. The average molecular weight is 525 g/mol. The predicted octanol–water partition coefficient (Wildman–Crippen LogP) is 5.19. The van der Waals surface area contributed by atoms with E-state index in [1.807, 2.05) is 97.9 Å². The Bertz CT molecular complexity index is 1040. The second-order valence-electron chi connectivity index (χ2n) is 8.89. The minimum absolute atomic E-state index is 0.228. The van der Waals surface area contributed by atoms with E-state index in [0.717, 1.165) is 22.4 Å². The first kappa shape index (κ1) is 27.8. The van der Waals surface area contributed by atoms with E-state index in [4.69, 9.17) is 23.7 Å². The summed E-state index contributed by atoms with van der Waals surface area (Å²) in [5, 5.41) is 12.0. The summed E-state index contributed by atoms with van der Waals surface area (Å²) in [5.41, 5.74) is 2.57. The first-order chi connectivity index (χ1) is 18.1. The van der Waals surface area contributed by atoms with Gasteiger partial charge in [-0.05, 0) is 22.4 Å². The van der Waals surface area contributed by atoms with E-state index >= 15 is 0 Å². The highest BCUT2D eigenvalue weighted by molar-refractivity contribution is 7.99. The van der Waals surface area contributed by atoms with Crippen LogP contribution < -0.4 is 0 Å². The van der Waals surface area contributed by atoms with Gasteiger partial charge in [0, 0.05) is 7.11 Å². The Morgan fingerprint density at radius 2 is 1.24 bits per heavy atom. The van der Waals surface area contributed by atoms with E-state index in [1.165, 1.54) is 7.11 Å². The van der Waals surface area contributed by atoms with Gasteiger partial charge >= 0.3 is 0 Å². The number of thioether (sulfide) groups is 1. The zero-order chi connectivity index (χ0) is 25.9. The largest absolute Gasteiger partial charge is 0.374 e. The van der Waals surface area contributed by atoms with E-state index in [2.05, 4.69) is 0 Å². The summed E-state index contributed by atoms with van der Waals surface area (Å²) in [7, 11) is 1.48. The van der Waals surface area contributed by atoms with Crippen molar-refractivity contribution in [3.8, 4) is 0 Å². The van der Waals surface area contributed by atoms with Gasteiger partial charge in [-0.2, -0.15) is 0 Å². The van der Waals surface area contributed by atoms with Crippen molar-refractivity contribution in [1.29, 1.82) is 0 Å². The lowest BCUT2D eigenvalue weighted by atomic mass is 9.95. The van der Waals surface area contributed by atoms with Crippen molar-refractivity contribution in [1.82, 2.24) is 0 Å². The van der Waals surface area contributed by atoms with Crippen molar-refractivity contribution in [3.63, 3.8) is 0 Å². The Balaban J connectivity index is 1.55. The Hall–Kier alpha value is -2.23. The van der Waals surface area contributed by atoms with Crippen LogP contribution >= 0.6 is 11.8 Å². The molecule has 4 rings (SSSR count). The molecule has 0 aliphatic carbocycles. The maximum atomic E-state index is 12.0. The van der Waals surface area contributed by atoms with Crippen LogP contribution in [0.3, 0.4) is 0 Å². The molecule has 1 saturated heterocycles. The lowest BCUT2D eigenvalue weighted by Crippen LogP contribution is -2.68. The number of rotatable bonds is 13. The lowest BCUT2D eigenvalue weighted by Gasteiger charge is -2.50. The topological polar surface area (TPSA) is 66.4 Å². The molecule has 1 heterocycles. The van der Waals surface area contributed by atoms with E-state index < -0.39 is 29.5 Å². The van der Waals surface area contributed by atoms with Gasteiger partial charge in [-0.3, -0.25) is 0 Å². The molecular formula is C30H36O6S. The molecule has 7 heteroatoms. The predicted molar refractivity (Wildman–Crippen MR) is 145 cm³/mol. The molecule has 37 heavy (non-hydrogen) atoms. The highest BCUT2D eigenvalue weighted by Gasteiger charge is 2.58. The lowest BCUT2D eigenvalue weighted by molar-refractivity contribution is -0.367. The molecule has 0 aromatic heterocycles. The van der Waals surface area contributed by atoms with Gasteiger partial charge < -0.3 is 28.8 Å². The van der Waals surface area contributed by atoms with E-state index in [-0.39, 0.29) is 13.2 Å². The summed E-state index contributed by atoms with van der Waals surface area (Å²) in [5.74, 6) is -0.974. The highest BCUT2D eigenvalue weighted by Crippen LogP contribution is 2.40. The van der Waals surface area contributed by atoms with Crippen molar-refractivity contribution in [2.45, 2.75) is 56.3 Å². The van der Waals surface area contributed by atoms with E-state index in [9.17, 15) is 5.11 Å². The van der Waals surface area contributed by atoms with Gasteiger partial charge in [0.05, 0.1) is 26.4 Å². The van der Waals surface area contributed by atoms with Crippen molar-refractivity contribution < 1.29 is 28.8 Å². The van der Waals surface area contributed by atoms with Crippen LogP contribution in [0.25, 0.3) is 0 Å². The molecule has 6 nitrogen and oxygen atoms in total. The molecule has 0 bridgehead atoms. The van der Waals surface area contributed by atoms with Gasteiger partial charge in [0.2, 0.25) is 5.79 Å². The summed E-state index contributed by atoms with van der Waals surface area (Å²) in [6, 6.07) is 29.7. The Labute approximate surface area is 223 Å². The molecule has 1 aliphatic rings. The molecule has 0 radical (unpaired) electrons. The molecule has 1 unspecified atom stereocenters. The zero-order valence-electron chi connectivity index (χ0n) is 21.4. The van der Waals surface area contributed by atoms with E-state index in [1.54, 1.807) is 11.8 Å². The second-order valence-corrected chi connectivity index (χ2v) is 10.3. The molecule has 0 spiro atoms. The number of aliphatic hydroxyl groups is 1. The van der Waals surface area contributed by atoms with Crippen LogP contribution in [0.2, 0.25) is 0 Å². The number of hydrogen-bond acceptors (Lipinski definition) is 7. The summed E-state index contributed by atoms with van der Waals surface area (Å²) in [6.45, 7) is 3.30. The van der Waals surface area contributed by atoms with Gasteiger partial charge in [0.25, 0.3) is 0 Å². The maximum Gasteiger partial charge on any atom is 0.225 e. The van der Waals surface area contributed by atoms with Crippen molar-refractivity contribution >= 4 is 11.8 Å². The summed E-state index contributed by atoms with van der Waals surface area (Å²) in [4.78, 5) is 0. The van der Waals surface area contributed by atoms with E-state index in [0.29, 0.717) is 13.2 Å². The minimum Gasteiger partial charge on any atom is -0.374 e. The van der Waals surface area contributed by atoms with Crippen LogP contribution in [-0.2, 0) is 43.5 Å². The minimum atomic E-state index is -1.75. The number of hydrogen-bond donors (Lipinski definition) is 1. The fourth-order valence-electron chi connectivity index (χ4n) is 4.40. The Kier molecular flexibility index (Phi) is 10.6. The third kappa shape index (κ3) is 7.42. The van der Waals surface area contributed by atoms with Crippen LogP contribution in [0.4, 0.5) is 0 Å². The molecule has 0 saturated carbocycles. The Morgan fingerprint density at radius 3 is 1.73 bits per heavy atom. The van der Waals surface area contributed by atoms with Crippen molar-refractivity contribution in [2.75, 3.05) is 19.5 Å². The molecule has 198 valence electrons. The van der Waals surface area contributed by atoms with Gasteiger partial charge in [-0.15, -0.1) is 11.8 Å².